The number of carbonyl (C=O) groups is 1. The van der Waals surface area contributed by atoms with Gasteiger partial charge in [0.15, 0.2) is 0 Å². The van der Waals surface area contributed by atoms with Crippen molar-refractivity contribution in [2.45, 2.75) is 32.1 Å². The van der Waals surface area contributed by atoms with E-state index in [1.165, 1.54) is 6.07 Å². The lowest BCUT2D eigenvalue weighted by Crippen LogP contribution is -2.38. The number of carbonyl (C=O) groups excluding carboxylic acids is 1. The Kier molecular flexibility index (Phi) is 7.02. The van der Waals surface area contributed by atoms with Gasteiger partial charge in [0, 0.05) is 32.1 Å². The second-order valence-corrected chi connectivity index (χ2v) is 6.00. The molecule has 1 aromatic carbocycles. The number of nitrogens with two attached hydrogens (primary N) is 1. The summed E-state index contributed by atoms with van der Waals surface area (Å²) >= 11 is 0. The molecule has 0 saturated carbocycles. The molecule has 0 aliphatic rings. The molecule has 130 valence electrons. The zero-order valence-electron chi connectivity index (χ0n) is 13.7. The molecular formula is C16H24F3N3O. The number of hydrogen-bond donors (Lipinski definition) is 1. The highest BCUT2D eigenvalue weighted by Gasteiger charge is 2.30. The van der Waals surface area contributed by atoms with Crippen molar-refractivity contribution in [3.05, 3.63) is 35.4 Å². The molecule has 0 saturated heterocycles. The van der Waals surface area contributed by atoms with Crippen LogP contribution in [0, 0.1) is 0 Å². The zero-order valence-corrected chi connectivity index (χ0v) is 13.7. The summed E-state index contributed by atoms with van der Waals surface area (Å²) in [6.07, 6.45) is -4.22. The van der Waals surface area contributed by atoms with E-state index in [-0.39, 0.29) is 24.9 Å². The lowest BCUT2D eigenvalue weighted by molar-refractivity contribution is -0.137. The smallest absolute Gasteiger partial charge is 0.337 e. The summed E-state index contributed by atoms with van der Waals surface area (Å²) in [6, 6.07) is 4.78. The van der Waals surface area contributed by atoms with E-state index in [1.54, 1.807) is 17.9 Å². The van der Waals surface area contributed by atoms with Crippen LogP contribution in [0.25, 0.3) is 0 Å². The standard InChI is InChI=1S/C16H24F3N3O/c1-12(20)9-15(23)22(8-7-21(2)3)11-13-5-4-6-14(10-13)16(17,18)19/h4-6,10,12H,7-9,11,20H2,1-3H3. The molecule has 0 radical (unpaired) electrons. The van der Waals surface area contributed by atoms with Gasteiger partial charge in [-0.05, 0) is 38.7 Å². The highest BCUT2D eigenvalue weighted by Crippen LogP contribution is 2.29. The fourth-order valence-corrected chi connectivity index (χ4v) is 2.08. The SMILES string of the molecule is CC(N)CC(=O)N(CCN(C)C)Cc1cccc(C(F)(F)F)c1. The van der Waals surface area contributed by atoms with E-state index in [0.29, 0.717) is 18.7 Å². The third-order valence-electron chi connectivity index (χ3n) is 3.29. The highest BCUT2D eigenvalue weighted by molar-refractivity contribution is 5.76. The Morgan fingerprint density at radius 3 is 2.43 bits per heavy atom. The molecule has 7 heteroatoms. The van der Waals surface area contributed by atoms with Crippen LogP contribution in [0.2, 0.25) is 0 Å². The monoisotopic (exact) mass is 331 g/mol. The minimum absolute atomic E-state index is 0.142. The zero-order chi connectivity index (χ0) is 17.6. The van der Waals surface area contributed by atoms with Gasteiger partial charge in [-0.1, -0.05) is 12.1 Å². The number of benzene rings is 1. The molecule has 23 heavy (non-hydrogen) atoms. The van der Waals surface area contributed by atoms with Gasteiger partial charge < -0.3 is 15.5 Å². The van der Waals surface area contributed by atoms with Gasteiger partial charge >= 0.3 is 6.18 Å². The molecule has 0 fully saturated rings. The van der Waals surface area contributed by atoms with E-state index >= 15 is 0 Å². The molecule has 0 spiro atoms. The highest BCUT2D eigenvalue weighted by atomic mass is 19.4. The van der Waals surface area contributed by atoms with E-state index in [9.17, 15) is 18.0 Å². The summed E-state index contributed by atoms with van der Waals surface area (Å²) in [5.74, 6) is -0.153. The van der Waals surface area contributed by atoms with Crippen molar-refractivity contribution < 1.29 is 18.0 Å². The summed E-state index contributed by atoms with van der Waals surface area (Å²) in [6.45, 7) is 2.94. The third-order valence-corrected chi connectivity index (χ3v) is 3.29. The molecule has 1 rings (SSSR count). The van der Waals surface area contributed by atoms with Crippen molar-refractivity contribution in [3.63, 3.8) is 0 Å². The molecule has 1 aromatic rings. The third kappa shape index (κ3) is 7.00. The van der Waals surface area contributed by atoms with E-state index in [1.807, 2.05) is 19.0 Å². The molecule has 0 aliphatic carbocycles. The van der Waals surface area contributed by atoms with E-state index < -0.39 is 11.7 Å². The normalized spacial score (nSPS) is 13.2. The molecule has 0 aliphatic heterocycles. The first-order chi connectivity index (χ1) is 10.6. The maximum atomic E-state index is 12.8. The van der Waals surface area contributed by atoms with E-state index in [0.717, 1.165) is 12.1 Å². The Morgan fingerprint density at radius 1 is 1.26 bits per heavy atom. The van der Waals surface area contributed by atoms with Crippen LogP contribution < -0.4 is 5.73 Å². The largest absolute Gasteiger partial charge is 0.416 e. The Balaban J connectivity index is 2.89. The van der Waals surface area contributed by atoms with Gasteiger partial charge in [0.25, 0.3) is 0 Å². The molecule has 1 atom stereocenters. The number of amides is 1. The number of alkyl halides is 3. The van der Waals surface area contributed by atoms with Crippen LogP contribution in [0.5, 0.6) is 0 Å². The van der Waals surface area contributed by atoms with Gasteiger partial charge in [-0.2, -0.15) is 13.2 Å². The lowest BCUT2D eigenvalue weighted by atomic mass is 10.1. The average Bonchev–Trinajstić information content (AvgIpc) is 2.41. The number of likely N-dealkylation sites (N-methyl/N-ethyl adjacent to an activating group) is 1. The fourth-order valence-electron chi connectivity index (χ4n) is 2.08. The first kappa shape index (κ1) is 19.4. The van der Waals surface area contributed by atoms with Crippen LogP contribution in [-0.2, 0) is 17.5 Å². The quantitative estimate of drug-likeness (QED) is 0.834. The van der Waals surface area contributed by atoms with E-state index in [4.69, 9.17) is 5.73 Å². The van der Waals surface area contributed by atoms with Crippen molar-refractivity contribution in [1.29, 1.82) is 0 Å². The van der Waals surface area contributed by atoms with Crippen molar-refractivity contribution >= 4 is 5.91 Å². The molecule has 0 aromatic heterocycles. The maximum Gasteiger partial charge on any atom is 0.416 e. The van der Waals surface area contributed by atoms with Crippen molar-refractivity contribution in [2.24, 2.45) is 5.73 Å². The van der Waals surface area contributed by atoms with Crippen LogP contribution in [0.1, 0.15) is 24.5 Å². The second kappa shape index (κ2) is 8.31. The van der Waals surface area contributed by atoms with Crippen molar-refractivity contribution in [3.8, 4) is 0 Å². The minimum Gasteiger partial charge on any atom is -0.337 e. The topological polar surface area (TPSA) is 49.6 Å². The van der Waals surface area contributed by atoms with Gasteiger partial charge in [-0.3, -0.25) is 4.79 Å². The van der Waals surface area contributed by atoms with Gasteiger partial charge in [0.1, 0.15) is 0 Å². The summed E-state index contributed by atoms with van der Waals surface area (Å²) < 4.78 is 38.4. The predicted molar refractivity (Wildman–Crippen MR) is 83.7 cm³/mol. The minimum atomic E-state index is -4.39. The molecule has 0 bridgehead atoms. The van der Waals surface area contributed by atoms with Crippen molar-refractivity contribution in [1.82, 2.24) is 9.80 Å². The Labute approximate surface area is 135 Å². The molecule has 1 amide bonds. The Morgan fingerprint density at radius 2 is 1.91 bits per heavy atom. The molecular weight excluding hydrogens is 307 g/mol. The van der Waals surface area contributed by atoms with Crippen molar-refractivity contribution in [2.75, 3.05) is 27.2 Å². The predicted octanol–water partition coefficient (Wildman–Crippen LogP) is 2.33. The van der Waals surface area contributed by atoms with Crippen LogP contribution in [0.4, 0.5) is 13.2 Å². The second-order valence-electron chi connectivity index (χ2n) is 6.00. The Bertz CT molecular complexity index is 516. The van der Waals surface area contributed by atoms with Gasteiger partial charge in [0.2, 0.25) is 5.91 Å². The van der Waals surface area contributed by atoms with Gasteiger partial charge in [0.05, 0.1) is 5.56 Å². The van der Waals surface area contributed by atoms with Crippen LogP contribution >= 0.6 is 0 Å². The lowest BCUT2D eigenvalue weighted by Gasteiger charge is -2.25. The molecule has 1 unspecified atom stereocenters. The summed E-state index contributed by atoms with van der Waals surface area (Å²) in [7, 11) is 3.75. The Hall–Kier alpha value is -1.60. The summed E-state index contributed by atoms with van der Waals surface area (Å²) in [4.78, 5) is 15.7. The molecule has 4 nitrogen and oxygen atoms in total. The fraction of sp³-hybridized carbons (Fsp3) is 0.562. The van der Waals surface area contributed by atoms with Gasteiger partial charge in [-0.25, -0.2) is 0 Å². The van der Waals surface area contributed by atoms with Crippen LogP contribution in [0.15, 0.2) is 24.3 Å². The van der Waals surface area contributed by atoms with Gasteiger partial charge in [-0.15, -0.1) is 0 Å². The maximum absolute atomic E-state index is 12.8. The average molecular weight is 331 g/mol. The molecule has 0 heterocycles. The number of halogens is 3. The molecule has 2 N–H and O–H groups in total. The number of hydrogen-bond acceptors (Lipinski definition) is 3. The summed E-state index contributed by atoms with van der Waals surface area (Å²) in [5, 5.41) is 0. The van der Waals surface area contributed by atoms with Crippen LogP contribution in [0.3, 0.4) is 0 Å². The first-order valence-electron chi connectivity index (χ1n) is 7.44. The van der Waals surface area contributed by atoms with Crippen LogP contribution in [-0.4, -0.2) is 48.9 Å². The first-order valence-corrected chi connectivity index (χ1v) is 7.44. The van der Waals surface area contributed by atoms with E-state index in [2.05, 4.69) is 0 Å². The number of nitrogens with zero attached hydrogens (tertiary/aromatic N) is 2. The number of rotatable bonds is 7. The summed E-state index contributed by atoms with van der Waals surface area (Å²) in [5.41, 5.74) is 5.40.